The van der Waals surface area contributed by atoms with Crippen LogP contribution in [0.25, 0.3) is 0 Å². The van der Waals surface area contributed by atoms with Gasteiger partial charge in [0.2, 0.25) is 0 Å². The van der Waals surface area contributed by atoms with Crippen LogP contribution in [0.5, 0.6) is 0 Å². The fourth-order valence-corrected chi connectivity index (χ4v) is 2.19. The third-order valence-corrected chi connectivity index (χ3v) is 3.21. The van der Waals surface area contributed by atoms with Gasteiger partial charge in [-0.2, -0.15) is 0 Å². The van der Waals surface area contributed by atoms with Crippen LogP contribution < -0.4 is 10.6 Å². The summed E-state index contributed by atoms with van der Waals surface area (Å²) in [5.41, 5.74) is 0.164. The zero-order valence-electron chi connectivity index (χ0n) is 9.55. The Bertz CT molecular complexity index is 187. The van der Waals surface area contributed by atoms with Crippen LogP contribution in [0.3, 0.4) is 0 Å². The molecule has 2 heterocycles. The second kappa shape index (κ2) is 5.25. The van der Waals surface area contributed by atoms with Gasteiger partial charge in [-0.25, -0.2) is 0 Å². The average Bonchev–Trinajstić information content (AvgIpc) is 2.29. The Morgan fingerprint density at radius 1 is 1.40 bits per heavy atom. The molecule has 2 atom stereocenters. The highest BCUT2D eigenvalue weighted by atomic mass is 16.5. The van der Waals surface area contributed by atoms with E-state index in [9.17, 15) is 0 Å². The summed E-state index contributed by atoms with van der Waals surface area (Å²) < 4.78 is 10.9. The van der Waals surface area contributed by atoms with Crippen LogP contribution in [-0.4, -0.2) is 51.1 Å². The first kappa shape index (κ1) is 11.3. The molecular weight excluding hydrogens is 192 g/mol. The fraction of sp³-hybridized carbons (Fsp3) is 1.00. The highest BCUT2D eigenvalue weighted by Crippen LogP contribution is 2.18. The van der Waals surface area contributed by atoms with E-state index >= 15 is 0 Å². The molecule has 88 valence electrons. The Balaban J connectivity index is 1.70. The fourth-order valence-electron chi connectivity index (χ4n) is 2.19. The van der Waals surface area contributed by atoms with Gasteiger partial charge in [0.1, 0.15) is 0 Å². The zero-order chi connectivity index (χ0) is 10.6. The maximum Gasteiger partial charge on any atom is 0.0645 e. The van der Waals surface area contributed by atoms with Gasteiger partial charge >= 0.3 is 0 Å². The summed E-state index contributed by atoms with van der Waals surface area (Å²) >= 11 is 0. The van der Waals surface area contributed by atoms with Crippen molar-refractivity contribution in [3.63, 3.8) is 0 Å². The SMILES string of the molecule is CC1(NCC2COCCN2)CCCOC1. The zero-order valence-corrected chi connectivity index (χ0v) is 9.55. The Labute approximate surface area is 91.7 Å². The van der Waals surface area contributed by atoms with Gasteiger partial charge in [-0.1, -0.05) is 0 Å². The quantitative estimate of drug-likeness (QED) is 0.701. The molecule has 0 aromatic rings. The van der Waals surface area contributed by atoms with Crippen molar-refractivity contribution in [2.45, 2.75) is 31.3 Å². The van der Waals surface area contributed by atoms with Crippen LogP contribution in [-0.2, 0) is 9.47 Å². The Hall–Kier alpha value is -0.160. The Morgan fingerprint density at radius 2 is 2.33 bits per heavy atom. The Morgan fingerprint density at radius 3 is 3.00 bits per heavy atom. The average molecular weight is 214 g/mol. The summed E-state index contributed by atoms with van der Waals surface area (Å²) in [5, 5.41) is 7.05. The molecule has 0 aromatic carbocycles. The maximum absolute atomic E-state index is 5.51. The number of nitrogens with one attached hydrogen (secondary N) is 2. The van der Waals surface area contributed by atoms with Gasteiger partial charge in [0, 0.05) is 31.3 Å². The molecule has 4 heteroatoms. The molecule has 2 fully saturated rings. The Kier molecular flexibility index (Phi) is 3.97. The first-order valence-corrected chi connectivity index (χ1v) is 5.92. The molecule has 0 aromatic heterocycles. The largest absolute Gasteiger partial charge is 0.380 e. The summed E-state index contributed by atoms with van der Waals surface area (Å²) in [5.74, 6) is 0. The molecule has 0 radical (unpaired) electrons. The number of morpholine rings is 1. The van der Waals surface area contributed by atoms with E-state index in [1.54, 1.807) is 0 Å². The van der Waals surface area contributed by atoms with E-state index in [4.69, 9.17) is 9.47 Å². The molecule has 0 saturated carbocycles. The molecule has 2 aliphatic heterocycles. The molecule has 2 rings (SSSR count). The van der Waals surface area contributed by atoms with Gasteiger partial charge < -0.3 is 20.1 Å². The molecular formula is C11H22N2O2. The van der Waals surface area contributed by atoms with Gasteiger partial charge in [-0.05, 0) is 19.8 Å². The minimum absolute atomic E-state index is 0.164. The molecule has 2 unspecified atom stereocenters. The second-order valence-corrected chi connectivity index (χ2v) is 4.82. The van der Waals surface area contributed by atoms with Crippen molar-refractivity contribution >= 4 is 0 Å². The normalized spacial score (nSPS) is 37.8. The van der Waals surface area contributed by atoms with Crippen molar-refractivity contribution in [3.05, 3.63) is 0 Å². The van der Waals surface area contributed by atoms with Crippen LogP contribution in [0.2, 0.25) is 0 Å². The molecule has 0 amide bonds. The molecule has 2 saturated heterocycles. The smallest absolute Gasteiger partial charge is 0.0645 e. The van der Waals surface area contributed by atoms with Crippen molar-refractivity contribution in [2.24, 2.45) is 0 Å². The van der Waals surface area contributed by atoms with E-state index in [-0.39, 0.29) is 5.54 Å². The van der Waals surface area contributed by atoms with Crippen molar-refractivity contribution in [3.8, 4) is 0 Å². The third kappa shape index (κ3) is 3.41. The van der Waals surface area contributed by atoms with E-state index in [0.29, 0.717) is 6.04 Å². The van der Waals surface area contributed by atoms with E-state index < -0.39 is 0 Å². The van der Waals surface area contributed by atoms with Crippen molar-refractivity contribution in [1.82, 2.24) is 10.6 Å². The van der Waals surface area contributed by atoms with Crippen molar-refractivity contribution in [1.29, 1.82) is 0 Å². The summed E-state index contributed by atoms with van der Waals surface area (Å²) in [6.45, 7) is 7.61. The summed E-state index contributed by atoms with van der Waals surface area (Å²) in [6.07, 6.45) is 2.37. The minimum atomic E-state index is 0.164. The predicted octanol–water partition coefficient (Wildman–Crippen LogP) is 0.133. The number of ether oxygens (including phenoxy) is 2. The van der Waals surface area contributed by atoms with Gasteiger partial charge in [-0.15, -0.1) is 0 Å². The number of hydrogen-bond acceptors (Lipinski definition) is 4. The predicted molar refractivity (Wildman–Crippen MR) is 59.1 cm³/mol. The van der Waals surface area contributed by atoms with Crippen LogP contribution in [0.15, 0.2) is 0 Å². The lowest BCUT2D eigenvalue weighted by Crippen LogP contribution is -2.55. The first-order valence-electron chi connectivity index (χ1n) is 5.92. The van der Waals surface area contributed by atoms with Crippen LogP contribution in [0.1, 0.15) is 19.8 Å². The molecule has 2 N–H and O–H groups in total. The summed E-state index contributed by atoms with van der Waals surface area (Å²) in [4.78, 5) is 0. The van der Waals surface area contributed by atoms with Crippen molar-refractivity contribution < 1.29 is 9.47 Å². The molecule has 0 bridgehead atoms. The highest BCUT2D eigenvalue weighted by Gasteiger charge is 2.28. The van der Waals surface area contributed by atoms with Gasteiger partial charge in [0.25, 0.3) is 0 Å². The lowest BCUT2D eigenvalue weighted by molar-refractivity contribution is 0.0218. The van der Waals surface area contributed by atoms with E-state index in [2.05, 4.69) is 17.6 Å². The molecule has 2 aliphatic rings. The maximum atomic E-state index is 5.51. The molecule has 15 heavy (non-hydrogen) atoms. The minimum Gasteiger partial charge on any atom is -0.380 e. The van der Waals surface area contributed by atoms with E-state index in [1.807, 2.05) is 0 Å². The second-order valence-electron chi connectivity index (χ2n) is 4.82. The molecule has 0 spiro atoms. The summed E-state index contributed by atoms with van der Waals surface area (Å²) in [6, 6.07) is 0.456. The lowest BCUT2D eigenvalue weighted by atomic mass is 9.94. The monoisotopic (exact) mass is 214 g/mol. The first-order chi connectivity index (χ1) is 7.29. The van der Waals surface area contributed by atoms with Crippen LogP contribution in [0, 0.1) is 0 Å². The van der Waals surface area contributed by atoms with E-state index in [0.717, 1.165) is 45.9 Å². The van der Waals surface area contributed by atoms with Crippen LogP contribution in [0.4, 0.5) is 0 Å². The van der Waals surface area contributed by atoms with Gasteiger partial charge in [0.15, 0.2) is 0 Å². The standard InChI is InChI=1S/C11H22N2O2/c1-11(3-2-5-15-9-11)13-7-10-8-14-6-4-12-10/h10,12-13H,2-9H2,1H3. The van der Waals surface area contributed by atoms with Crippen LogP contribution >= 0.6 is 0 Å². The van der Waals surface area contributed by atoms with E-state index in [1.165, 1.54) is 6.42 Å². The summed E-state index contributed by atoms with van der Waals surface area (Å²) in [7, 11) is 0. The highest BCUT2D eigenvalue weighted by molar-refractivity contribution is 4.87. The van der Waals surface area contributed by atoms with Gasteiger partial charge in [-0.3, -0.25) is 0 Å². The lowest BCUT2D eigenvalue weighted by Gasteiger charge is -2.36. The number of rotatable bonds is 3. The van der Waals surface area contributed by atoms with Gasteiger partial charge in [0.05, 0.1) is 19.8 Å². The molecule has 0 aliphatic carbocycles. The molecule has 4 nitrogen and oxygen atoms in total. The third-order valence-electron chi connectivity index (χ3n) is 3.21. The van der Waals surface area contributed by atoms with Crippen molar-refractivity contribution in [2.75, 3.05) is 39.5 Å². The number of hydrogen-bond donors (Lipinski definition) is 2. The topological polar surface area (TPSA) is 42.5 Å².